The average molecular weight is 351 g/mol. The van der Waals surface area contributed by atoms with Gasteiger partial charge >= 0.3 is 11.9 Å². The van der Waals surface area contributed by atoms with Crippen LogP contribution in [0.4, 0.5) is 5.69 Å². The number of nitrogens with zero attached hydrogens (tertiary/aromatic N) is 1. The van der Waals surface area contributed by atoms with Crippen LogP contribution in [0.5, 0.6) is 0 Å². The molecule has 7 nitrogen and oxygen atoms in total. The Morgan fingerprint density at radius 3 is 2.20 bits per heavy atom. The molecule has 0 aromatic heterocycles. The molecule has 0 amide bonds. The number of hydrogen-bond donors (Lipinski definition) is 0. The first-order chi connectivity index (χ1) is 11.6. The van der Waals surface area contributed by atoms with E-state index in [2.05, 4.69) is 0 Å². The van der Waals surface area contributed by atoms with Crippen LogP contribution >= 0.6 is 0 Å². The highest BCUT2D eigenvalue weighted by molar-refractivity contribution is 5.97. The minimum atomic E-state index is -0.697. The van der Waals surface area contributed by atoms with Gasteiger partial charge < -0.3 is 9.47 Å². The largest absolute Gasteiger partial charge is 0.467 e. The third kappa shape index (κ3) is 4.57. The van der Waals surface area contributed by atoms with Gasteiger partial charge in [-0.1, -0.05) is 0 Å². The number of anilines is 1. The summed E-state index contributed by atoms with van der Waals surface area (Å²) in [5, 5.41) is 1.43. The number of hydroxylamine groups is 1. The van der Waals surface area contributed by atoms with Crippen molar-refractivity contribution < 1.29 is 28.7 Å². The number of hydrogen-bond acceptors (Lipinski definition) is 7. The number of ether oxygens (including phenoxy) is 2. The maximum atomic E-state index is 12.0. The van der Waals surface area contributed by atoms with Gasteiger partial charge in [-0.3, -0.25) is 14.4 Å². The van der Waals surface area contributed by atoms with Crippen molar-refractivity contribution in [1.82, 2.24) is 0 Å². The smallest absolute Gasteiger partial charge is 0.330 e. The fraction of sp³-hybridized carbons (Fsp3) is 0.500. The predicted octanol–water partition coefficient (Wildman–Crippen LogP) is 2.50. The monoisotopic (exact) mass is 351 g/mol. The molecule has 0 aliphatic heterocycles. The van der Waals surface area contributed by atoms with Crippen LogP contribution in [0.15, 0.2) is 6.07 Å². The van der Waals surface area contributed by atoms with E-state index in [1.807, 2.05) is 6.92 Å². The van der Waals surface area contributed by atoms with Crippen LogP contribution in [0.25, 0.3) is 0 Å². The van der Waals surface area contributed by atoms with Gasteiger partial charge in [-0.25, -0.2) is 9.86 Å². The lowest BCUT2D eigenvalue weighted by atomic mass is 9.94. The minimum absolute atomic E-state index is 0.0342. The molecule has 1 rings (SSSR count). The van der Waals surface area contributed by atoms with Crippen molar-refractivity contribution in [3.8, 4) is 0 Å². The second-order valence-electron chi connectivity index (χ2n) is 5.74. The van der Waals surface area contributed by atoms with Crippen LogP contribution in [0.1, 0.15) is 47.8 Å². The molecule has 25 heavy (non-hydrogen) atoms. The Balaban J connectivity index is 3.54. The number of methoxy groups -OCH3 is 1. The highest BCUT2D eigenvalue weighted by Gasteiger charge is 2.28. The number of Topliss-reactive ketones (excluding diaryl/α,β-unsaturated/α-hetero) is 1. The molecule has 1 unspecified atom stereocenters. The first kappa shape index (κ1) is 20.6. The molecule has 1 aromatic carbocycles. The zero-order chi connectivity index (χ0) is 19.3. The molecule has 0 bridgehead atoms. The molecule has 0 aliphatic carbocycles. The van der Waals surface area contributed by atoms with E-state index in [0.717, 1.165) is 5.56 Å². The molecule has 0 saturated heterocycles. The Kier molecular flexibility index (Phi) is 7.11. The van der Waals surface area contributed by atoms with Gasteiger partial charge in [-0.05, 0) is 44.9 Å². The number of carbonyl (C=O) groups is 3. The van der Waals surface area contributed by atoms with Crippen molar-refractivity contribution in [3.05, 3.63) is 28.3 Å². The summed E-state index contributed by atoms with van der Waals surface area (Å²) in [5.74, 6) is -1.04. The average Bonchev–Trinajstić information content (AvgIpc) is 2.55. The van der Waals surface area contributed by atoms with Crippen molar-refractivity contribution in [2.45, 2.75) is 47.3 Å². The summed E-state index contributed by atoms with van der Waals surface area (Å²) >= 11 is 0. The highest BCUT2D eigenvalue weighted by atomic mass is 16.7. The Bertz CT molecular complexity index is 683. The molecule has 0 N–H and O–H groups in total. The number of benzene rings is 1. The zero-order valence-electron chi connectivity index (χ0n) is 15.8. The number of carbonyl (C=O) groups excluding carboxylic acids is 3. The van der Waals surface area contributed by atoms with Crippen LogP contribution < -0.4 is 5.06 Å². The van der Waals surface area contributed by atoms with Crippen molar-refractivity contribution in [1.29, 1.82) is 0 Å². The number of esters is 2. The summed E-state index contributed by atoms with van der Waals surface area (Å²) in [6.07, 6.45) is 0. The normalized spacial score (nSPS) is 11.6. The maximum absolute atomic E-state index is 12.0. The Morgan fingerprint density at radius 1 is 1.16 bits per heavy atom. The first-order valence-corrected chi connectivity index (χ1v) is 7.84. The van der Waals surface area contributed by atoms with Crippen LogP contribution in [0.3, 0.4) is 0 Å². The lowest BCUT2D eigenvalue weighted by Gasteiger charge is -2.31. The maximum Gasteiger partial charge on any atom is 0.330 e. The van der Waals surface area contributed by atoms with Crippen LogP contribution in [0, 0.1) is 13.8 Å². The van der Waals surface area contributed by atoms with E-state index in [4.69, 9.17) is 14.3 Å². The lowest BCUT2D eigenvalue weighted by molar-refractivity contribution is -0.144. The van der Waals surface area contributed by atoms with Gasteiger partial charge in [0, 0.05) is 18.1 Å². The molecule has 0 fully saturated rings. The molecule has 0 spiro atoms. The van der Waals surface area contributed by atoms with Crippen molar-refractivity contribution >= 4 is 23.4 Å². The van der Waals surface area contributed by atoms with Crippen LogP contribution in [-0.4, -0.2) is 38.0 Å². The topological polar surface area (TPSA) is 82.1 Å². The van der Waals surface area contributed by atoms with Gasteiger partial charge in [0.05, 0.1) is 19.9 Å². The van der Waals surface area contributed by atoms with Crippen LogP contribution in [0.2, 0.25) is 0 Å². The van der Waals surface area contributed by atoms with Crippen molar-refractivity contribution in [2.24, 2.45) is 0 Å². The van der Waals surface area contributed by atoms with Gasteiger partial charge in [0.1, 0.15) is 6.61 Å². The van der Waals surface area contributed by atoms with Gasteiger partial charge in [0.15, 0.2) is 11.8 Å². The summed E-state index contributed by atoms with van der Waals surface area (Å²) in [6, 6.07) is 1.01. The lowest BCUT2D eigenvalue weighted by Crippen LogP contribution is -2.40. The van der Waals surface area contributed by atoms with Gasteiger partial charge in [0.25, 0.3) is 0 Å². The minimum Gasteiger partial charge on any atom is -0.467 e. The van der Waals surface area contributed by atoms with Crippen molar-refractivity contribution in [2.75, 3.05) is 19.3 Å². The number of ketones is 1. The molecule has 1 atom stereocenters. The predicted molar refractivity (Wildman–Crippen MR) is 92.4 cm³/mol. The van der Waals surface area contributed by atoms with Gasteiger partial charge in [-0.15, -0.1) is 0 Å². The van der Waals surface area contributed by atoms with E-state index >= 15 is 0 Å². The van der Waals surface area contributed by atoms with E-state index in [1.165, 1.54) is 33.1 Å². The molecule has 0 aliphatic rings. The quantitative estimate of drug-likeness (QED) is 0.424. The molecule has 0 radical (unpaired) electrons. The Hall–Kier alpha value is -2.41. The third-order valence-corrected chi connectivity index (χ3v) is 3.98. The standard InChI is InChI=1S/C18H25NO6/c1-10-8-15(13(4)20)16(9-25-14(5)21)11(2)17(10)19(24-7)12(3)18(22)23-6/h8,12H,9H2,1-7H3. The van der Waals surface area contributed by atoms with Crippen molar-refractivity contribution in [3.63, 3.8) is 0 Å². The van der Waals surface area contributed by atoms with Crippen LogP contribution in [-0.2, 0) is 30.5 Å². The molecule has 1 aromatic rings. The van der Waals surface area contributed by atoms with E-state index in [-0.39, 0.29) is 12.4 Å². The fourth-order valence-corrected chi connectivity index (χ4v) is 2.74. The molecular formula is C18H25NO6. The second-order valence-corrected chi connectivity index (χ2v) is 5.74. The summed E-state index contributed by atoms with van der Waals surface area (Å²) < 4.78 is 9.88. The van der Waals surface area contributed by atoms with Gasteiger partial charge in [-0.2, -0.15) is 0 Å². The van der Waals surface area contributed by atoms with Gasteiger partial charge in [0.2, 0.25) is 0 Å². The molecule has 138 valence electrons. The summed E-state index contributed by atoms with van der Waals surface area (Å²) in [4.78, 5) is 40.5. The summed E-state index contributed by atoms with van der Waals surface area (Å²) in [5.41, 5.74) is 3.15. The molecule has 7 heteroatoms. The summed E-state index contributed by atoms with van der Waals surface area (Å²) in [6.45, 7) is 7.99. The summed E-state index contributed by atoms with van der Waals surface area (Å²) in [7, 11) is 2.75. The zero-order valence-corrected chi connectivity index (χ0v) is 15.8. The second kappa shape index (κ2) is 8.62. The molecule has 0 heterocycles. The van der Waals surface area contributed by atoms with E-state index in [9.17, 15) is 14.4 Å². The fourth-order valence-electron chi connectivity index (χ4n) is 2.74. The number of aryl methyl sites for hydroxylation is 1. The molecule has 0 saturated carbocycles. The van der Waals surface area contributed by atoms with E-state index < -0.39 is 18.0 Å². The Morgan fingerprint density at radius 2 is 1.76 bits per heavy atom. The third-order valence-electron chi connectivity index (χ3n) is 3.98. The number of rotatable bonds is 7. The Labute approximate surface area is 147 Å². The first-order valence-electron chi connectivity index (χ1n) is 7.84. The van der Waals surface area contributed by atoms with E-state index in [1.54, 1.807) is 19.9 Å². The molecular weight excluding hydrogens is 326 g/mol. The van der Waals surface area contributed by atoms with E-state index in [0.29, 0.717) is 22.4 Å². The SMILES string of the molecule is COC(=O)C(C)N(OC)c1c(C)cc(C(C)=O)c(COC(C)=O)c1C. The highest BCUT2D eigenvalue weighted by Crippen LogP contribution is 2.33.